The van der Waals surface area contributed by atoms with Gasteiger partial charge >= 0.3 is 0 Å². The number of ether oxygens (including phenoxy) is 2. The molecule has 1 heterocycles. The van der Waals surface area contributed by atoms with Crippen molar-refractivity contribution in [1.82, 2.24) is 10.2 Å². The minimum Gasteiger partial charge on any atom is -0.486 e. The summed E-state index contributed by atoms with van der Waals surface area (Å²) in [5, 5.41) is 3.27. The van der Waals surface area contributed by atoms with E-state index in [1.807, 2.05) is 30.3 Å². The molecular weight excluding hydrogens is 566 g/mol. The van der Waals surface area contributed by atoms with Crippen LogP contribution in [0.2, 0.25) is 5.02 Å². The van der Waals surface area contributed by atoms with Crippen molar-refractivity contribution < 1.29 is 27.5 Å². The second-order valence-electron chi connectivity index (χ2n) is 9.45. The van der Waals surface area contributed by atoms with Gasteiger partial charge in [-0.1, -0.05) is 60.1 Å². The molecule has 0 saturated carbocycles. The highest BCUT2D eigenvalue weighted by atomic mass is 35.5. The number of anilines is 1. The maximum absolute atomic E-state index is 14.2. The van der Waals surface area contributed by atoms with E-state index in [0.717, 1.165) is 9.87 Å². The second kappa shape index (κ2) is 13.7. The molecule has 218 valence electrons. The van der Waals surface area contributed by atoms with Crippen LogP contribution < -0.4 is 19.1 Å². The molecule has 0 spiro atoms. The van der Waals surface area contributed by atoms with E-state index >= 15 is 0 Å². The van der Waals surface area contributed by atoms with Crippen molar-refractivity contribution in [3.63, 3.8) is 0 Å². The lowest BCUT2D eigenvalue weighted by molar-refractivity contribution is -0.140. The van der Waals surface area contributed by atoms with Crippen molar-refractivity contribution in [2.45, 2.75) is 32.9 Å². The van der Waals surface area contributed by atoms with Gasteiger partial charge in [-0.3, -0.25) is 13.9 Å². The zero-order valence-electron chi connectivity index (χ0n) is 23.1. The summed E-state index contributed by atoms with van der Waals surface area (Å²) in [6.45, 7) is 3.89. The van der Waals surface area contributed by atoms with Gasteiger partial charge in [0.15, 0.2) is 11.5 Å². The van der Waals surface area contributed by atoms with E-state index in [0.29, 0.717) is 41.8 Å². The van der Waals surface area contributed by atoms with Crippen molar-refractivity contribution in [2.24, 2.45) is 0 Å². The smallest absolute Gasteiger partial charge is 0.244 e. The Balaban J connectivity index is 1.74. The first-order valence-electron chi connectivity index (χ1n) is 13.5. The second-order valence-corrected chi connectivity index (χ2v) is 12.0. The van der Waals surface area contributed by atoms with Gasteiger partial charge in [0.05, 0.1) is 11.4 Å². The van der Waals surface area contributed by atoms with E-state index in [2.05, 4.69) is 5.32 Å². The molecule has 1 aliphatic rings. The Kier molecular flexibility index (Phi) is 10.1. The van der Waals surface area contributed by atoms with Crippen molar-refractivity contribution in [1.29, 1.82) is 0 Å². The highest BCUT2D eigenvalue weighted by Gasteiger charge is 2.34. The van der Waals surface area contributed by atoms with Crippen LogP contribution in [-0.2, 0) is 32.6 Å². The van der Waals surface area contributed by atoms with Crippen molar-refractivity contribution in [3.8, 4) is 11.5 Å². The average Bonchev–Trinajstić information content (AvgIpc) is 2.98. The Morgan fingerprint density at radius 3 is 2.32 bits per heavy atom. The third-order valence-electron chi connectivity index (χ3n) is 6.71. The number of benzene rings is 3. The number of hydrogen-bond donors (Lipinski definition) is 1. The number of fused-ring (bicyclic) bond motifs is 1. The summed E-state index contributed by atoms with van der Waals surface area (Å²) in [6, 6.07) is 20.3. The highest BCUT2D eigenvalue weighted by Crippen LogP contribution is 2.35. The number of rotatable bonds is 12. The number of nitrogens with zero attached hydrogens (tertiary/aromatic N) is 2. The third kappa shape index (κ3) is 7.51. The number of amides is 2. The minimum atomic E-state index is -3.90. The standard InChI is InChI=1S/C30H34ClN3O6S/c1-3-32-30(36)26(18-22-10-6-5-7-11-22)33(20-23-12-8-9-13-25(23)31)29(35)21-34(41(37,38)4-2)24-14-15-27-28(19-24)40-17-16-39-27/h5-15,19,26H,3-4,16-18,20-21H2,1-2H3,(H,32,36)/t26-/m0/s1. The number of carbonyl (C=O) groups excluding carboxylic acids is 2. The molecule has 0 fully saturated rings. The Labute approximate surface area is 246 Å². The lowest BCUT2D eigenvalue weighted by Gasteiger charge is -2.34. The monoisotopic (exact) mass is 599 g/mol. The van der Waals surface area contributed by atoms with Crippen LogP contribution in [0, 0.1) is 0 Å². The number of halogens is 1. The average molecular weight is 600 g/mol. The Morgan fingerprint density at radius 2 is 1.63 bits per heavy atom. The summed E-state index contributed by atoms with van der Waals surface area (Å²) in [4.78, 5) is 29.0. The van der Waals surface area contributed by atoms with Crippen LogP contribution >= 0.6 is 11.6 Å². The van der Waals surface area contributed by atoms with Gasteiger partial charge in [-0.2, -0.15) is 0 Å². The van der Waals surface area contributed by atoms with Crippen molar-refractivity contribution in [3.05, 3.63) is 88.9 Å². The van der Waals surface area contributed by atoms with E-state index in [1.165, 1.54) is 11.8 Å². The van der Waals surface area contributed by atoms with Crippen LogP contribution in [0.1, 0.15) is 25.0 Å². The van der Waals surface area contributed by atoms with E-state index in [-0.39, 0.29) is 30.3 Å². The third-order valence-corrected chi connectivity index (χ3v) is 8.82. The minimum absolute atomic E-state index is 0.00823. The maximum Gasteiger partial charge on any atom is 0.244 e. The number of carbonyl (C=O) groups is 2. The molecule has 1 N–H and O–H groups in total. The van der Waals surface area contributed by atoms with Crippen molar-refractivity contribution in [2.75, 3.05) is 36.4 Å². The first-order chi connectivity index (χ1) is 19.7. The molecule has 4 rings (SSSR count). The van der Waals surface area contributed by atoms with E-state index in [4.69, 9.17) is 21.1 Å². The van der Waals surface area contributed by atoms with Gasteiger partial charge < -0.3 is 19.7 Å². The quantitative estimate of drug-likeness (QED) is 0.337. The van der Waals surface area contributed by atoms with Gasteiger partial charge in [0.25, 0.3) is 0 Å². The lowest BCUT2D eigenvalue weighted by atomic mass is 10.0. The largest absolute Gasteiger partial charge is 0.486 e. The first kappa shape index (κ1) is 30.2. The van der Waals surface area contributed by atoms with Crippen molar-refractivity contribution >= 4 is 39.1 Å². The van der Waals surface area contributed by atoms with Gasteiger partial charge in [-0.25, -0.2) is 8.42 Å². The Bertz CT molecular complexity index is 1470. The van der Waals surface area contributed by atoms with Crippen LogP contribution in [0.4, 0.5) is 5.69 Å². The summed E-state index contributed by atoms with van der Waals surface area (Å²) >= 11 is 6.47. The molecule has 0 bridgehead atoms. The molecule has 3 aromatic carbocycles. The molecule has 1 aliphatic heterocycles. The number of hydrogen-bond acceptors (Lipinski definition) is 6. The van der Waals surface area contributed by atoms with Crippen LogP contribution in [-0.4, -0.2) is 63.2 Å². The predicted molar refractivity (Wildman–Crippen MR) is 159 cm³/mol. The van der Waals surface area contributed by atoms with Crippen LogP contribution in [0.15, 0.2) is 72.8 Å². The predicted octanol–water partition coefficient (Wildman–Crippen LogP) is 4.04. The summed E-state index contributed by atoms with van der Waals surface area (Å²) in [5.74, 6) is -0.234. The number of sulfonamides is 1. The lowest BCUT2D eigenvalue weighted by Crippen LogP contribution is -2.53. The van der Waals surface area contributed by atoms with Crippen LogP contribution in [0.25, 0.3) is 0 Å². The molecule has 0 aliphatic carbocycles. The normalized spacial score (nSPS) is 13.2. The highest BCUT2D eigenvalue weighted by molar-refractivity contribution is 7.92. The van der Waals surface area contributed by atoms with Gasteiger partial charge in [0.1, 0.15) is 25.8 Å². The molecule has 3 aromatic rings. The fraction of sp³-hybridized carbons (Fsp3) is 0.333. The summed E-state index contributed by atoms with van der Waals surface area (Å²) in [5.41, 5.74) is 1.75. The van der Waals surface area contributed by atoms with Gasteiger partial charge in [0.2, 0.25) is 21.8 Å². The maximum atomic E-state index is 14.2. The summed E-state index contributed by atoms with van der Waals surface area (Å²) in [6.07, 6.45) is 0.230. The molecule has 0 saturated heterocycles. The summed E-state index contributed by atoms with van der Waals surface area (Å²) in [7, 11) is -3.90. The topological polar surface area (TPSA) is 105 Å². The van der Waals surface area contributed by atoms with Crippen LogP contribution in [0.5, 0.6) is 11.5 Å². The Morgan fingerprint density at radius 1 is 0.951 bits per heavy atom. The first-order valence-corrected chi connectivity index (χ1v) is 15.5. The van der Waals surface area contributed by atoms with Gasteiger partial charge in [-0.15, -0.1) is 0 Å². The van der Waals surface area contributed by atoms with E-state index in [9.17, 15) is 18.0 Å². The SMILES string of the molecule is CCNC(=O)[C@H](Cc1ccccc1)N(Cc1ccccc1Cl)C(=O)CN(c1ccc2c(c1)OCCO2)S(=O)(=O)CC. The van der Waals surface area contributed by atoms with E-state index in [1.54, 1.807) is 49.4 Å². The zero-order chi connectivity index (χ0) is 29.4. The molecule has 11 heteroatoms. The molecular formula is C30H34ClN3O6S. The molecule has 41 heavy (non-hydrogen) atoms. The number of likely N-dealkylation sites (N-methyl/N-ethyl adjacent to an activating group) is 1. The van der Waals surface area contributed by atoms with Gasteiger partial charge in [-0.05, 0) is 43.2 Å². The molecule has 2 amide bonds. The van der Waals surface area contributed by atoms with Crippen LogP contribution in [0.3, 0.4) is 0 Å². The molecule has 0 radical (unpaired) electrons. The fourth-order valence-corrected chi connectivity index (χ4v) is 5.81. The molecule has 1 atom stereocenters. The van der Waals surface area contributed by atoms with E-state index < -0.39 is 28.5 Å². The fourth-order valence-electron chi connectivity index (χ4n) is 4.56. The zero-order valence-corrected chi connectivity index (χ0v) is 24.7. The Hall–Kier alpha value is -3.76. The summed E-state index contributed by atoms with van der Waals surface area (Å²) < 4.78 is 38.9. The molecule has 9 nitrogen and oxygen atoms in total. The van der Waals surface area contributed by atoms with Gasteiger partial charge in [0, 0.05) is 30.6 Å². The number of nitrogens with one attached hydrogen (secondary N) is 1. The molecule has 0 unspecified atom stereocenters. The molecule has 0 aromatic heterocycles.